The van der Waals surface area contributed by atoms with Crippen LogP contribution in [0.2, 0.25) is 5.02 Å². The number of benzene rings is 1. The molecule has 2 aliphatic rings. The number of halogens is 1. The van der Waals surface area contributed by atoms with Crippen LogP contribution in [0.4, 0.5) is 0 Å². The predicted molar refractivity (Wildman–Crippen MR) is 71.1 cm³/mol. The number of hydrogen-bond donors (Lipinski definition) is 0. The van der Waals surface area contributed by atoms with Crippen molar-refractivity contribution in [3.8, 4) is 11.5 Å². The van der Waals surface area contributed by atoms with E-state index in [1.165, 1.54) is 0 Å². The highest BCUT2D eigenvalue weighted by Crippen LogP contribution is 2.39. The van der Waals surface area contributed by atoms with Crippen LogP contribution in [-0.4, -0.2) is 24.8 Å². The molecule has 0 atom stereocenters. The third-order valence-electron chi connectivity index (χ3n) is 3.50. The first kappa shape index (κ1) is 11.3. The summed E-state index contributed by atoms with van der Waals surface area (Å²) >= 11 is 6.49. The zero-order chi connectivity index (χ0) is 12.8. The molecule has 0 N–H and O–H groups in total. The van der Waals surface area contributed by atoms with E-state index in [9.17, 15) is 0 Å². The van der Waals surface area contributed by atoms with E-state index in [2.05, 4.69) is 4.98 Å². The van der Waals surface area contributed by atoms with Crippen LogP contribution in [0.3, 0.4) is 0 Å². The average Bonchev–Trinajstić information content (AvgIpc) is 2.46. The van der Waals surface area contributed by atoms with Gasteiger partial charge in [0.2, 0.25) is 0 Å². The molecule has 2 aromatic rings. The van der Waals surface area contributed by atoms with Gasteiger partial charge < -0.3 is 14.2 Å². The van der Waals surface area contributed by atoms with Crippen molar-refractivity contribution in [1.82, 2.24) is 4.98 Å². The van der Waals surface area contributed by atoms with Crippen LogP contribution >= 0.6 is 11.6 Å². The Kier molecular flexibility index (Phi) is 2.53. The van der Waals surface area contributed by atoms with Gasteiger partial charge in [0.05, 0.1) is 29.4 Å². The Bertz CT molecular complexity index is 666. The molecule has 2 aliphatic heterocycles. The van der Waals surface area contributed by atoms with Crippen molar-refractivity contribution in [1.29, 1.82) is 0 Å². The topological polar surface area (TPSA) is 40.6 Å². The molecular weight excluding hydrogens is 266 g/mol. The highest BCUT2D eigenvalue weighted by atomic mass is 35.5. The van der Waals surface area contributed by atoms with Crippen LogP contribution in [0.1, 0.15) is 11.3 Å². The number of hydrogen-bond acceptors (Lipinski definition) is 4. The van der Waals surface area contributed by atoms with E-state index in [1.807, 2.05) is 12.1 Å². The van der Waals surface area contributed by atoms with E-state index in [0.29, 0.717) is 26.4 Å². The third-order valence-corrected chi connectivity index (χ3v) is 3.93. The standard InChI is InChI=1S/C14H12ClNO3/c15-14-8-5-12-13(19-4-3-18-12)6-11(8)16-10-1-2-17-7-9(10)14/h5-6H,1-4,7H2. The van der Waals surface area contributed by atoms with E-state index in [1.54, 1.807) is 0 Å². The molecule has 0 aliphatic carbocycles. The highest BCUT2D eigenvalue weighted by Gasteiger charge is 2.20. The SMILES string of the molecule is Clc1c2c(nc3cc4c(cc13)OCCO4)CCOC2. The Hall–Kier alpha value is -1.52. The van der Waals surface area contributed by atoms with Gasteiger partial charge in [-0.15, -0.1) is 0 Å². The molecule has 0 spiro atoms. The summed E-state index contributed by atoms with van der Waals surface area (Å²) in [6.45, 7) is 2.38. The maximum atomic E-state index is 6.49. The predicted octanol–water partition coefficient (Wildman–Crippen LogP) is 2.73. The lowest BCUT2D eigenvalue weighted by atomic mass is 10.1. The minimum absolute atomic E-state index is 0.533. The first-order chi connectivity index (χ1) is 9.33. The van der Waals surface area contributed by atoms with Gasteiger partial charge in [0.25, 0.3) is 0 Å². The quantitative estimate of drug-likeness (QED) is 0.742. The molecule has 0 radical (unpaired) electrons. The van der Waals surface area contributed by atoms with Gasteiger partial charge in [-0.1, -0.05) is 11.6 Å². The zero-order valence-corrected chi connectivity index (χ0v) is 11.0. The summed E-state index contributed by atoms with van der Waals surface area (Å²) in [7, 11) is 0. The Morgan fingerprint density at radius 1 is 1.05 bits per heavy atom. The summed E-state index contributed by atoms with van der Waals surface area (Å²) in [4.78, 5) is 4.68. The van der Waals surface area contributed by atoms with Crippen molar-refractivity contribution in [2.24, 2.45) is 0 Å². The number of fused-ring (bicyclic) bond motifs is 3. The van der Waals surface area contributed by atoms with Gasteiger partial charge in [-0.2, -0.15) is 0 Å². The maximum absolute atomic E-state index is 6.49. The molecular formula is C14H12ClNO3. The Morgan fingerprint density at radius 2 is 1.84 bits per heavy atom. The smallest absolute Gasteiger partial charge is 0.163 e. The monoisotopic (exact) mass is 277 g/mol. The Labute approximate surface area is 115 Å². The molecule has 5 heteroatoms. The highest BCUT2D eigenvalue weighted by molar-refractivity contribution is 6.36. The lowest BCUT2D eigenvalue weighted by molar-refractivity contribution is 0.109. The van der Waals surface area contributed by atoms with Gasteiger partial charge in [-0.25, -0.2) is 0 Å². The third kappa shape index (κ3) is 1.75. The van der Waals surface area contributed by atoms with E-state index in [4.69, 9.17) is 25.8 Å². The Morgan fingerprint density at radius 3 is 2.68 bits per heavy atom. The second-order valence-electron chi connectivity index (χ2n) is 4.67. The van der Waals surface area contributed by atoms with Crippen LogP contribution in [0.15, 0.2) is 12.1 Å². The van der Waals surface area contributed by atoms with Crippen molar-refractivity contribution < 1.29 is 14.2 Å². The second-order valence-corrected chi connectivity index (χ2v) is 5.04. The van der Waals surface area contributed by atoms with E-state index < -0.39 is 0 Å². The van der Waals surface area contributed by atoms with Crippen molar-refractivity contribution in [2.45, 2.75) is 13.0 Å². The average molecular weight is 278 g/mol. The van der Waals surface area contributed by atoms with Crippen LogP contribution in [0.25, 0.3) is 10.9 Å². The van der Waals surface area contributed by atoms with Crippen LogP contribution in [0, 0.1) is 0 Å². The zero-order valence-electron chi connectivity index (χ0n) is 10.2. The fourth-order valence-corrected chi connectivity index (χ4v) is 2.86. The molecule has 0 fully saturated rings. The summed E-state index contributed by atoms with van der Waals surface area (Å²) in [6.07, 6.45) is 0.805. The molecule has 98 valence electrons. The van der Waals surface area contributed by atoms with Crippen molar-refractivity contribution in [3.05, 3.63) is 28.4 Å². The van der Waals surface area contributed by atoms with Gasteiger partial charge in [-0.05, 0) is 6.07 Å². The molecule has 0 amide bonds. The van der Waals surface area contributed by atoms with Crippen molar-refractivity contribution in [3.63, 3.8) is 0 Å². The molecule has 0 bridgehead atoms. The van der Waals surface area contributed by atoms with Crippen LogP contribution in [0.5, 0.6) is 11.5 Å². The lowest BCUT2D eigenvalue weighted by Gasteiger charge is -2.21. The molecule has 1 aromatic carbocycles. The minimum atomic E-state index is 0.533. The van der Waals surface area contributed by atoms with Crippen molar-refractivity contribution >= 4 is 22.5 Å². The summed E-state index contributed by atoms with van der Waals surface area (Å²) in [5.74, 6) is 1.48. The molecule has 0 unspecified atom stereocenters. The van der Waals surface area contributed by atoms with Gasteiger partial charge in [0, 0.05) is 23.4 Å². The Balaban J connectivity index is 1.99. The summed E-state index contributed by atoms with van der Waals surface area (Å²) < 4.78 is 16.6. The minimum Gasteiger partial charge on any atom is -0.486 e. The number of ether oxygens (including phenoxy) is 3. The van der Waals surface area contributed by atoms with Gasteiger partial charge in [-0.3, -0.25) is 4.98 Å². The van der Waals surface area contributed by atoms with E-state index in [0.717, 1.165) is 45.1 Å². The first-order valence-electron chi connectivity index (χ1n) is 6.31. The van der Waals surface area contributed by atoms with Gasteiger partial charge in [0.1, 0.15) is 13.2 Å². The molecule has 4 nitrogen and oxygen atoms in total. The normalized spacial score (nSPS) is 17.3. The number of nitrogens with zero attached hydrogens (tertiary/aromatic N) is 1. The molecule has 3 heterocycles. The maximum Gasteiger partial charge on any atom is 0.163 e. The largest absolute Gasteiger partial charge is 0.486 e. The summed E-state index contributed by atoms with van der Waals surface area (Å²) in [5.41, 5.74) is 2.88. The number of rotatable bonds is 0. The summed E-state index contributed by atoms with van der Waals surface area (Å²) in [5, 5.41) is 1.62. The fraction of sp³-hybridized carbons (Fsp3) is 0.357. The molecule has 4 rings (SSSR count). The molecule has 0 saturated carbocycles. The number of aromatic nitrogens is 1. The summed E-state index contributed by atoms with van der Waals surface area (Å²) in [6, 6.07) is 3.82. The first-order valence-corrected chi connectivity index (χ1v) is 6.69. The molecule has 19 heavy (non-hydrogen) atoms. The van der Waals surface area contributed by atoms with E-state index in [-0.39, 0.29) is 0 Å². The number of pyridine rings is 1. The fourth-order valence-electron chi connectivity index (χ4n) is 2.55. The molecule has 0 saturated heterocycles. The molecule has 1 aromatic heterocycles. The van der Waals surface area contributed by atoms with Gasteiger partial charge >= 0.3 is 0 Å². The van der Waals surface area contributed by atoms with Crippen LogP contribution < -0.4 is 9.47 Å². The van der Waals surface area contributed by atoms with E-state index >= 15 is 0 Å². The second kappa shape index (κ2) is 4.25. The van der Waals surface area contributed by atoms with Crippen LogP contribution in [-0.2, 0) is 17.8 Å². The lowest BCUT2D eigenvalue weighted by Crippen LogP contribution is -2.16. The van der Waals surface area contributed by atoms with Crippen molar-refractivity contribution in [2.75, 3.05) is 19.8 Å². The van der Waals surface area contributed by atoms with Gasteiger partial charge in [0.15, 0.2) is 11.5 Å².